The lowest BCUT2D eigenvalue weighted by atomic mass is 10.3. The zero-order chi connectivity index (χ0) is 9.68. The summed E-state index contributed by atoms with van der Waals surface area (Å²) >= 11 is 2.21. The van der Waals surface area contributed by atoms with Gasteiger partial charge in [0.25, 0.3) is 0 Å². The monoisotopic (exact) mass is 292 g/mol. The van der Waals surface area contributed by atoms with E-state index >= 15 is 0 Å². The van der Waals surface area contributed by atoms with Gasteiger partial charge in [0.1, 0.15) is 0 Å². The van der Waals surface area contributed by atoms with Crippen molar-refractivity contribution in [3.63, 3.8) is 0 Å². The minimum Gasteiger partial charge on any atom is -0.465 e. The molecular formula is C8H9IN2O2. The zero-order valence-electron chi connectivity index (χ0n) is 6.83. The standard InChI is InChI=1S/C8H9IN2O2/c9-4-6-2-1-3-7(11-6)5-10-8(12)13/h1-3,10H,4-5H2,(H,12,13). The predicted octanol–water partition coefficient (Wildman–Crippen LogP) is 1.78. The molecule has 0 bridgehead atoms. The van der Waals surface area contributed by atoms with Gasteiger partial charge in [-0.2, -0.15) is 0 Å². The molecule has 5 heteroatoms. The number of alkyl halides is 1. The Bertz CT molecular complexity index is 304. The first-order chi connectivity index (χ1) is 6.22. The van der Waals surface area contributed by atoms with Crippen molar-refractivity contribution < 1.29 is 9.90 Å². The smallest absolute Gasteiger partial charge is 0.404 e. The predicted molar refractivity (Wildman–Crippen MR) is 56.8 cm³/mol. The molecule has 0 radical (unpaired) electrons. The van der Waals surface area contributed by atoms with Crippen molar-refractivity contribution in [1.29, 1.82) is 0 Å². The number of halogens is 1. The average Bonchev–Trinajstić information content (AvgIpc) is 2.15. The van der Waals surface area contributed by atoms with Crippen LogP contribution in [0.1, 0.15) is 11.4 Å². The van der Waals surface area contributed by atoms with Gasteiger partial charge in [0, 0.05) is 4.43 Å². The van der Waals surface area contributed by atoms with Gasteiger partial charge in [0.05, 0.1) is 17.9 Å². The Kier molecular flexibility index (Phi) is 3.94. The minimum atomic E-state index is -1.03. The molecule has 4 nitrogen and oxygen atoms in total. The molecule has 1 aromatic rings. The lowest BCUT2D eigenvalue weighted by Crippen LogP contribution is -2.20. The van der Waals surface area contributed by atoms with Crippen LogP contribution in [0.25, 0.3) is 0 Å². The van der Waals surface area contributed by atoms with Crippen LogP contribution in [0.5, 0.6) is 0 Å². The van der Waals surface area contributed by atoms with Gasteiger partial charge >= 0.3 is 6.09 Å². The second kappa shape index (κ2) is 5.00. The number of amides is 1. The van der Waals surface area contributed by atoms with Crippen LogP contribution >= 0.6 is 22.6 Å². The molecule has 0 atom stereocenters. The fourth-order valence-electron chi connectivity index (χ4n) is 0.868. The summed E-state index contributed by atoms with van der Waals surface area (Å²) in [6.07, 6.45) is -1.03. The molecule has 1 heterocycles. The van der Waals surface area contributed by atoms with E-state index in [2.05, 4.69) is 32.9 Å². The Hall–Kier alpha value is -0.850. The normalized spacial score (nSPS) is 9.62. The first kappa shape index (κ1) is 10.2. The molecule has 1 rings (SSSR count). The molecule has 0 aliphatic heterocycles. The largest absolute Gasteiger partial charge is 0.465 e. The van der Waals surface area contributed by atoms with E-state index in [1.807, 2.05) is 12.1 Å². The first-order valence-electron chi connectivity index (χ1n) is 3.70. The minimum absolute atomic E-state index is 0.264. The van der Waals surface area contributed by atoms with Gasteiger partial charge in [-0.15, -0.1) is 0 Å². The number of carboxylic acid groups (broad SMARTS) is 1. The van der Waals surface area contributed by atoms with Crippen molar-refractivity contribution in [2.75, 3.05) is 0 Å². The van der Waals surface area contributed by atoms with Crippen LogP contribution in [0.4, 0.5) is 4.79 Å². The summed E-state index contributed by atoms with van der Waals surface area (Å²) in [6, 6.07) is 5.59. The highest BCUT2D eigenvalue weighted by Crippen LogP contribution is 2.03. The Labute approximate surface area is 89.5 Å². The van der Waals surface area contributed by atoms with Crippen LogP contribution in [-0.2, 0) is 11.0 Å². The second-order valence-electron chi connectivity index (χ2n) is 2.41. The molecular weight excluding hydrogens is 283 g/mol. The SMILES string of the molecule is O=C(O)NCc1cccc(CI)n1. The van der Waals surface area contributed by atoms with Gasteiger partial charge in [-0.1, -0.05) is 28.7 Å². The fourth-order valence-corrected chi connectivity index (χ4v) is 1.29. The number of nitrogens with one attached hydrogen (secondary N) is 1. The van der Waals surface area contributed by atoms with E-state index in [0.717, 1.165) is 15.8 Å². The van der Waals surface area contributed by atoms with Crippen LogP contribution < -0.4 is 5.32 Å². The number of rotatable bonds is 3. The van der Waals surface area contributed by atoms with Crippen molar-refractivity contribution in [3.05, 3.63) is 29.6 Å². The zero-order valence-corrected chi connectivity index (χ0v) is 8.98. The van der Waals surface area contributed by atoms with Gasteiger partial charge in [0.2, 0.25) is 0 Å². The second-order valence-corrected chi connectivity index (χ2v) is 3.18. The summed E-state index contributed by atoms with van der Waals surface area (Å²) in [7, 11) is 0. The Balaban J connectivity index is 2.61. The van der Waals surface area contributed by atoms with Gasteiger partial charge in [0.15, 0.2) is 0 Å². The molecule has 2 N–H and O–H groups in total. The molecule has 0 aliphatic carbocycles. The van der Waals surface area contributed by atoms with Crippen molar-refractivity contribution in [1.82, 2.24) is 10.3 Å². The highest BCUT2D eigenvalue weighted by molar-refractivity contribution is 14.1. The van der Waals surface area contributed by atoms with Crippen molar-refractivity contribution >= 4 is 28.7 Å². The topological polar surface area (TPSA) is 62.2 Å². The van der Waals surface area contributed by atoms with E-state index in [0.29, 0.717) is 0 Å². The van der Waals surface area contributed by atoms with E-state index in [4.69, 9.17) is 5.11 Å². The number of nitrogens with zero attached hydrogens (tertiary/aromatic N) is 1. The molecule has 0 saturated heterocycles. The summed E-state index contributed by atoms with van der Waals surface area (Å²) in [5, 5.41) is 10.6. The van der Waals surface area contributed by atoms with Gasteiger partial charge in [-0.05, 0) is 12.1 Å². The lowest BCUT2D eigenvalue weighted by Gasteiger charge is -2.01. The third-order valence-electron chi connectivity index (χ3n) is 1.42. The van der Waals surface area contributed by atoms with E-state index < -0.39 is 6.09 Å². The summed E-state index contributed by atoms with van der Waals surface area (Å²) < 4.78 is 0.832. The van der Waals surface area contributed by atoms with E-state index in [-0.39, 0.29) is 6.54 Å². The summed E-state index contributed by atoms with van der Waals surface area (Å²) in [5.74, 6) is 0. The maximum Gasteiger partial charge on any atom is 0.404 e. The molecule has 0 saturated carbocycles. The first-order valence-corrected chi connectivity index (χ1v) is 5.22. The van der Waals surface area contributed by atoms with E-state index in [9.17, 15) is 4.79 Å². The molecule has 70 valence electrons. The molecule has 0 fully saturated rings. The van der Waals surface area contributed by atoms with Crippen molar-refractivity contribution in [2.45, 2.75) is 11.0 Å². The molecule has 1 aromatic heterocycles. The van der Waals surface area contributed by atoms with E-state index in [1.54, 1.807) is 6.07 Å². The highest BCUT2D eigenvalue weighted by Gasteiger charge is 1.98. The molecule has 0 aliphatic rings. The van der Waals surface area contributed by atoms with Crippen LogP contribution in [-0.4, -0.2) is 16.2 Å². The third-order valence-corrected chi connectivity index (χ3v) is 2.20. The van der Waals surface area contributed by atoms with Crippen LogP contribution in [0.3, 0.4) is 0 Å². The van der Waals surface area contributed by atoms with Crippen LogP contribution in [0.15, 0.2) is 18.2 Å². The Morgan fingerprint density at radius 2 is 2.23 bits per heavy atom. The number of aromatic nitrogens is 1. The summed E-state index contributed by atoms with van der Waals surface area (Å²) in [6.45, 7) is 0.264. The maximum absolute atomic E-state index is 10.2. The van der Waals surface area contributed by atoms with Crippen LogP contribution in [0, 0.1) is 0 Å². The maximum atomic E-state index is 10.2. The molecule has 0 spiro atoms. The number of hydrogen-bond acceptors (Lipinski definition) is 2. The van der Waals surface area contributed by atoms with Gasteiger partial charge in [-0.3, -0.25) is 4.98 Å². The summed E-state index contributed by atoms with van der Waals surface area (Å²) in [4.78, 5) is 14.4. The number of pyridine rings is 1. The van der Waals surface area contributed by atoms with Gasteiger partial charge < -0.3 is 10.4 Å². The number of carbonyl (C=O) groups is 1. The van der Waals surface area contributed by atoms with Gasteiger partial charge in [-0.25, -0.2) is 4.79 Å². The quantitative estimate of drug-likeness (QED) is 0.659. The Morgan fingerprint density at radius 3 is 2.85 bits per heavy atom. The molecule has 13 heavy (non-hydrogen) atoms. The van der Waals surface area contributed by atoms with Crippen LogP contribution in [0.2, 0.25) is 0 Å². The average molecular weight is 292 g/mol. The van der Waals surface area contributed by atoms with Crippen molar-refractivity contribution in [3.8, 4) is 0 Å². The molecule has 1 amide bonds. The van der Waals surface area contributed by atoms with E-state index in [1.165, 1.54) is 0 Å². The molecule has 0 aromatic carbocycles. The fraction of sp³-hybridized carbons (Fsp3) is 0.250. The Morgan fingerprint density at radius 1 is 1.54 bits per heavy atom. The lowest BCUT2D eigenvalue weighted by molar-refractivity contribution is 0.194. The third kappa shape index (κ3) is 3.58. The summed E-state index contributed by atoms with van der Waals surface area (Å²) in [5.41, 5.74) is 1.71. The highest BCUT2D eigenvalue weighted by atomic mass is 127. The number of hydrogen-bond donors (Lipinski definition) is 2. The van der Waals surface area contributed by atoms with Crippen molar-refractivity contribution in [2.24, 2.45) is 0 Å². The molecule has 0 unspecified atom stereocenters.